The Labute approximate surface area is 82.3 Å². The van der Waals surface area contributed by atoms with Gasteiger partial charge in [0, 0.05) is 5.02 Å². The minimum Gasteiger partial charge on any atom is -0.268 e. The number of nitriles is 1. The lowest BCUT2D eigenvalue weighted by Crippen LogP contribution is -2.15. The van der Waals surface area contributed by atoms with Gasteiger partial charge in [0.2, 0.25) is 0 Å². The van der Waals surface area contributed by atoms with Gasteiger partial charge in [-0.05, 0) is 24.3 Å². The molecule has 0 unspecified atom stereocenters. The number of halogens is 1. The predicted molar refractivity (Wildman–Crippen MR) is 53.2 cm³/mol. The van der Waals surface area contributed by atoms with Crippen LogP contribution in [0.15, 0.2) is 24.3 Å². The third kappa shape index (κ3) is 2.40. The van der Waals surface area contributed by atoms with Gasteiger partial charge < -0.3 is 0 Å². The zero-order valence-electron chi connectivity index (χ0n) is 6.87. The monoisotopic (exact) mass is 190 g/mol. The second-order valence-electron chi connectivity index (χ2n) is 2.37. The summed E-state index contributed by atoms with van der Waals surface area (Å²) in [5.41, 5.74) is 0.754. The van der Waals surface area contributed by atoms with Gasteiger partial charge >= 0.3 is 0 Å². The fourth-order valence-corrected chi connectivity index (χ4v) is 1.02. The molecule has 1 aromatic carbocycles. The number of benzene rings is 1. The van der Waals surface area contributed by atoms with Crippen LogP contribution >= 0.6 is 11.6 Å². The molecule has 0 N–H and O–H groups in total. The van der Waals surface area contributed by atoms with Crippen LogP contribution in [0.1, 0.15) is 0 Å². The zero-order chi connectivity index (χ0) is 9.68. The van der Waals surface area contributed by atoms with E-state index in [0.717, 1.165) is 5.69 Å². The van der Waals surface area contributed by atoms with Gasteiger partial charge in [-0.15, -0.1) is 6.42 Å². The summed E-state index contributed by atoms with van der Waals surface area (Å²) in [7, 11) is 0. The lowest BCUT2D eigenvalue weighted by atomic mass is 10.3. The van der Waals surface area contributed by atoms with Gasteiger partial charge in [0.25, 0.3) is 0 Å². The summed E-state index contributed by atoms with van der Waals surface area (Å²) >= 11 is 5.69. The highest BCUT2D eigenvalue weighted by Gasteiger charge is 2.01. The zero-order valence-corrected chi connectivity index (χ0v) is 7.62. The standard InChI is InChI=1S/C10H7ClN2/c1-2-7-13(8-12)10-5-3-9(11)4-6-10/h1,3-6H,7H2. The molecule has 13 heavy (non-hydrogen) atoms. The van der Waals surface area contributed by atoms with E-state index in [9.17, 15) is 0 Å². The molecule has 2 nitrogen and oxygen atoms in total. The van der Waals surface area contributed by atoms with E-state index < -0.39 is 0 Å². The van der Waals surface area contributed by atoms with Gasteiger partial charge in [-0.2, -0.15) is 5.26 Å². The van der Waals surface area contributed by atoms with E-state index in [1.165, 1.54) is 4.90 Å². The Morgan fingerprint density at radius 2 is 2.00 bits per heavy atom. The first-order chi connectivity index (χ1) is 6.27. The highest BCUT2D eigenvalue weighted by atomic mass is 35.5. The second kappa shape index (κ2) is 4.40. The molecular formula is C10H7ClN2. The van der Waals surface area contributed by atoms with Crippen molar-refractivity contribution in [1.82, 2.24) is 0 Å². The van der Waals surface area contributed by atoms with Crippen LogP contribution in [-0.2, 0) is 0 Å². The van der Waals surface area contributed by atoms with Crippen molar-refractivity contribution in [2.24, 2.45) is 0 Å². The fraction of sp³-hybridized carbons (Fsp3) is 0.100. The van der Waals surface area contributed by atoms with Crippen molar-refractivity contribution in [2.75, 3.05) is 11.4 Å². The van der Waals surface area contributed by atoms with Gasteiger partial charge in [-0.1, -0.05) is 17.5 Å². The Balaban J connectivity index is 2.89. The van der Waals surface area contributed by atoms with E-state index in [4.69, 9.17) is 23.3 Å². The maximum atomic E-state index is 8.73. The third-order valence-electron chi connectivity index (χ3n) is 1.51. The number of anilines is 1. The molecule has 0 atom stereocenters. The van der Waals surface area contributed by atoms with Crippen molar-refractivity contribution in [3.8, 4) is 18.5 Å². The third-order valence-corrected chi connectivity index (χ3v) is 1.76. The summed E-state index contributed by atoms with van der Waals surface area (Å²) in [4.78, 5) is 1.41. The molecule has 1 rings (SSSR count). The maximum Gasteiger partial charge on any atom is 0.185 e. The Bertz CT molecular complexity index is 356. The Hall–Kier alpha value is -1.64. The first-order valence-electron chi connectivity index (χ1n) is 3.64. The molecule has 0 amide bonds. The first-order valence-corrected chi connectivity index (χ1v) is 4.02. The molecule has 0 aliphatic heterocycles. The van der Waals surface area contributed by atoms with Gasteiger partial charge in [0.1, 0.15) is 0 Å². The normalized spacial score (nSPS) is 8.54. The number of hydrogen-bond acceptors (Lipinski definition) is 2. The highest BCUT2D eigenvalue weighted by molar-refractivity contribution is 6.30. The molecule has 0 spiro atoms. The minimum absolute atomic E-state index is 0.276. The summed E-state index contributed by atoms with van der Waals surface area (Å²) < 4.78 is 0. The maximum absolute atomic E-state index is 8.73. The second-order valence-corrected chi connectivity index (χ2v) is 2.80. The number of terminal acetylenes is 1. The molecule has 64 valence electrons. The summed E-state index contributed by atoms with van der Waals surface area (Å²) in [6.07, 6.45) is 7.09. The van der Waals surface area contributed by atoms with Crippen molar-refractivity contribution >= 4 is 17.3 Å². The van der Waals surface area contributed by atoms with Crippen LogP contribution in [0, 0.1) is 23.8 Å². The minimum atomic E-state index is 0.276. The van der Waals surface area contributed by atoms with E-state index in [1.54, 1.807) is 24.3 Å². The van der Waals surface area contributed by atoms with Gasteiger partial charge in [-0.25, -0.2) is 0 Å². The lowest BCUT2D eigenvalue weighted by molar-refractivity contribution is 1.12. The van der Waals surface area contributed by atoms with Crippen molar-refractivity contribution in [1.29, 1.82) is 5.26 Å². The van der Waals surface area contributed by atoms with E-state index in [2.05, 4.69) is 5.92 Å². The number of rotatable bonds is 2. The molecule has 0 aliphatic rings. The van der Waals surface area contributed by atoms with Crippen molar-refractivity contribution in [2.45, 2.75) is 0 Å². The van der Waals surface area contributed by atoms with Crippen LogP contribution in [0.25, 0.3) is 0 Å². The van der Waals surface area contributed by atoms with E-state index >= 15 is 0 Å². The van der Waals surface area contributed by atoms with Crippen LogP contribution in [-0.4, -0.2) is 6.54 Å². The molecule has 0 radical (unpaired) electrons. The van der Waals surface area contributed by atoms with Crippen LogP contribution < -0.4 is 4.90 Å². The van der Waals surface area contributed by atoms with Crippen LogP contribution in [0.2, 0.25) is 5.02 Å². The summed E-state index contributed by atoms with van der Waals surface area (Å²) in [6.45, 7) is 0.276. The summed E-state index contributed by atoms with van der Waals surface area (Å²) in [6, 6.07) is 6.95. The van der Waals surface area contributed by atoms with E-state index in [0.29, 0.717) is 5.02 Å². The molecule has 3 heteroatoms. The van der Waals surface area contributed by atoms with Gasteiger partial charge in [0.05, 0.1) is 12.2 Å². The van der Waals surface area contributed by atoms with Crippen LogP contribution in [0.4, 0.5) is 5.69 Å². The fourth-order valence-electron chi connectivity index (χ4n) is 0.897. The van der Waals surface area contributed by atoms with Crippen molar-refractivity contribution in [3.05, 3.63) is 29.3 Å². The molecule has 1 aromatic rings. The average Bonchev–Trinajstić information content (AvgIpc) is 2.16. The Morgan fingerprint density at radius 1 is 1.38 bits per heavy atom. The lowest BCUT2D eigenvalue weighted by Gasteiger charge is -2.11. The molecule has 0 fully saturated rings. The molecule has 0 saturated carbocycles. The van der Waals surface area contributed by atoms with Crippen LogP contribution in [0.5, 0.6) is 0 Å². The van der Waals surface area contributed by atoms with Crippen LogP contribution in [0.3, 0.4) is 0 Å². The SMILES string of the molecule is C#CCN(C#N)c1ccc(Cl)cc1. The van der Waals surface area contributed by atoms with Crippen molar-refractivity contribution in [3.63, 3.8) is 0 Å². The Morgan fingerprint density at radius 3 is 2.46 bits per heavy atom. The molecule has 0 heterocycles. The Kier molecular flexibility index (Phi) is 3.20. The molecule has 0 aromatic heterocycles. The topological polar surface area (TPSA) is 27.0 Å². The molecule has 0 aliphatic carbocycles. The summed E-state index contributed by atoms with van der Waals surface area (Å²) in [5.74, 6) is 2.40. The predicted octanol–water partition coefficient (Wildman–Crippen LogP) is 2.26. The quantitative estimate of drug-likeness (QED) is 0.406. The molecule has 0 saturated heterocycles. The smallest absolute Gasteiger partial charge is 0.185 e. The molecule has 0 bridgehead atoms. The number of hydrogen-bond donors (Lipinski definition) is 0. The number of nitrogens with zero attached hydrogens (tertiary/aromatic N) is 2. The largest absolute Gasteiger partial charge is 0.268 e. The van der Waals surface area contributed by atoms with E-state index in [1.807, 2.05) is 6.19 Å². The van der Waals surface area contributed by atoms with Gasteiger partial charge in [-0.3, -0.25) is 4.90 Å². The summed E-state index contributed by atoms with van der Waals surface area (Å²) in [5, 5.41) is 9.37. The van der Waals surface area contributed by atoms with Crippen molar-refractivity contribution < 1.29 is 0 Å². The first kappa shape index (κ1) is 9.45. The van der Waals surface area contributed by atoms with Gasteiger partial charge in [0.15, 0.2) is 6.19 Å². The van der Waals surface area contributed by atoms with E-state index in [-0.39, 0.29) is 6.54 Å². The average molecular weight is 191 g/mol. The highest BCUT2D eigenvalue weighted by Crippen LogP contribution is 2.16. The molecular weight excluding hydrogens is 184 g/mol.